The molecule has 164 valence electrons. The summed E-state index contributed by atoms with van der Waals surface area (Å²) in [4.78, 5) is 5.58. The van der Waals surface area contributed by atoms with Crippen molar-refractivity contribution in [2.45, 2.75) is 66.2 Å². The molecule has 0 amide bonds. The van der Waals surface area contributed by atoms with Gasteiger partial charge < -0.3 is 4.74 Å². The van der Waals surface area contributed by atoms with Crippen LogP contribution in [0.15, 0.2) is 52.9 Å². The second-order valence-electron chi connectivity index (χ2n) is 8.29. The van der Waals surface area contributed by atoms with Crippen LogP contribution in [0.2, 0.25) is 0 Å². The van der Waals surface area contributed by atoms with Gasteiger partial charge in [-0.2, -0.15) is 0 Å². The van der Waals surface area contributed by atoms with Crippen LogP contribution in [-0.2, 0) is 24.0 Å². The molecule has 0 saturated carbocycles. The van der Waals surface area contributed by atoms with E-state index in [1.54, 1.807) is 18.2 Å². The minimum Gasteiger partial charge on any atom is -0.483 e. The highest BCUT2D eigenvalue weighted by Crippen LogP contribution is 2.33. The molecule has 2 aromatic rings. The molecule has 3 heteroatoms. The topological polar surface area (TPSA) is 21.6 Å². The van der Waals surface area contributed by atoms with Crippen molar-refractivity contribution >= 4 is 28.8 Å². The second-order valence-corrected chi connectivity index (χ2v) is 9.26. The first-order chi connectivity index (χ1) is 15.0. The Labute approximate surface area is 192 Å². The normalized spacial score (nSPS) is 14.0. The molecule has 0 atom stereocenters. The summed E-state index contributed by atoms with van der Waals surface area (Å²) in [6.07, 6.45) is 8.61. The number of aliphatic imine (C=N–C) groups is 1. The lowest BCUT2D eigenvalue weighted by atomic mass is 9.90. The van der Waals surface area contributed by atoms with Crippen LogP contribution >= 0.6 is 11.8 Å². The lowest BCUT2D eigenvalue weighted by Gasteiger charge is -2.17. The van der Waals surface area contributed by atoms with Crippen LogP contribution in [0.3, 0.4) is 0 Å². The SMILES string of the molecule is C=C(S/C=C(\CC)Cc1cc(C)c(/N=C/OCC)cc1C)c1ccc2c(c1)CCCC2. The van der Waals surface area contributed by atoms with E-state index in [1.165, 1.54) is 64.6 Å². The summed E-state index contributed by atoms with van der Waals surface area (Å²) >= 11 is 1.76. The van der Waals surface area contributed by atoms with Crippen LogP contribution in [0.5, 0.6) is 0 Å². The van der Waals surface area contributed by atoms with Gasteiger partial charge in [-0.05, 0) is 104 Å². The quantitative estimate of drug-likeness (QED) is 0.294. The van der Waals surface area contributed by atoms with Gasteiger partial charge in [-0.3, -0.25) is 0 Å². The van der Waals surface area contributed by atoms with Gasteiger partial charge in [0.05, 0.1) is 12.3 Å². The van der Waals surface area contributed by atoms with Crippen molar-refractivity contribution in [3.63, 3.8) is 0 Å². The summed E-state index contributed by atoms with van der Waals surface area (Å²) in [6, 6.07) is 11.3. The number of hydrogen-bond donors (Lipinski definition) is 0. The molecule has 0 N–H and O–H groups in total. The molecular weight excluding hydrogens is 398 g/mol. The predicted molar refractivity (Wildman–Crippen MR) is 137 cm³/mol. The molecule has 2 nitrogen and oxygen atoms in total. The third-order valence-electron chi connectivity index (χ3n) is 6.00. The first-order valence-corrected chi connectivity index (χ1v) is 12.3. The van der Waals surface area contributed by atoms with Gasteiger partial charge >= 0.3 is 0 Å². The number of thioether (sulfide) groups is 1. The van der Waals surface area contributed by atoms with E-state index < -0.39 is 0 Å². The Morgan fingerprint density at radius 2 is 1.84 bits per heavy atom. The van der Waals surface area contributed by atoms with Gasteiger partial charge in [-0.1, -0.05) is 55.1 Å². The van der Waals surface area contributed by atoms with Crippen LogP contribution < -0.4 is 0 Å². The van der Waals surface area contributed by atoms with E-state index in [-0.39, 0.29) is 0 Å². The fraction of sp³-hybridized carbons (Fsp3) is 0.393. The summed E-state index contributed by atoms with van der Waals surface area (Å²) in [5.74, 6) is 0. The minimum absolute atomic E-state index is 0.638. The number of hydrogen-bond acceptors (Lipinski definition) is 3. The van der Waals surface area contributed by atoms with E-state index in [4.69, 9.17) is 4.74 Å². The molecule has 1 aliphatic carbocycles. The van der Waals surface area contributed by atoms with Crippen molar-refractivity contribution in [1.29, 1.82) is 0 Å². The summed E-state index contributed by atoms with van der Waals surface area (Å²) in [7, 11) is 0. The molecule has 2 aromatic carbocycles. The molecule has 0 heterocycles. The zero-order valence-electron chi connectivity index (χ0n) is 19.5. The maximum atomic E-state index is 5.25. The van der Waals surface area contributed by atoms with Gasteiger partial charge in [0.25, 0.3) is 0 Å². The van der Waals surface area contributed by atoms with E-state index in [2.05, 4.69) is 68.1 Å². The Morgan fingerprint density at radius 3 is 2.58 bits per heavy atom. The van der Waals surface area contributed by atoms with Crippen LogP contribution in [0.1, 0.15) is 66.5 Å². The van der Waals surface area contributed by atoms with Gasteiger partial charge in [0.1, 0.15) is 0 Å². The lowest BCUT2D eigenvalue weighted by molar-refractivity contribution is 0.344. The standard InChI is InChI=1S/C28H35NOS/c1-6-23(16-27-14-21(4)28(15-20(27)3)29-19-30-7-2)18-31-22(5)25-13-12-24-10-8-9-11-26(24)17-25/h12-15,17-19H,5-11,16H2,1-4H3/b23-18+,29-19+. The average Bonchev–Trinajstić information content (AvgIpc) is 2.79. The number of fused-ring (bicyclic) bond motifs is 1. The van der Waals surface area contributed by atoms with Crippen molar-refractivity contribution in [1.82, 2.24) is 0 Å². The molecule has 0 fully saturated rings. The third-order valence-corrected chi connectivity index (χ3v) is 6.97. The molecule has 31 heavy (non-hydrogen) atoms. The van der Waals surface area contributed by atoms with Crippen molar-refractivity contribution in [2.24, 2.45) is 4.99 Å². The average molecular weight is 434 g/mol. The number of aryl methyl sites for hydroxylation is 4. The van der Waals surface area contributed by atoms with Crippen molar-refractivity contribution in [3.8, 4) is 0 Å². The predicted octanol–water partition coefficient (Wildman–Crippen LogP) is 8.12. The number of allylic oxidation sites excluding steroid dienone is 1. The smallest absolute Gasteiger partial charge is 0.174 e. The molecular formula is C28H35NOS. The first-order valence-electron chi connectivity index (χ1n) is 11.4. The van der Waals surface area contributed by atoms with Gasteiger partial charge in [-0.15, -0.1) is 0 Å². The molecule has 0 aromatic heterocycles. The number of rotatable bonds is 9. The van der Waals surface area contributed by atoms with Crippen molar-refractivity contribution in [3.05, 3.63) is 81.3 Å². The van der Waals surface area contributed by atoms with Gasteiger partial charge in [0.15, 0.2) is 6.40 Å². The molecule has 0 aliphatic heterocycles. The molecule has 1 aliphatic rings. The maximum absolute atomic E-state index is 5.25. The fourth-order valence-corrected chi connectivity index (χ4v) is 4.80. The highest BCUT2D eigenvalue weighted by Gasteiger charge is 2.11. The van der Waals surface area contributed by atoms with Crippen LogP contribution in [0.25, 0.3) is 4.91 Å². The number of nitrogens with zero attached hydrogens (tertiary/aromatic N) is 1. The summed E-state index contributed by atoms with van der Waals surface area (Å²) in [5.41, 5.74) is 10.5. The van der Waals surface area contributed by atoms with Crippen LogP contribution in [0, 0.1) is 13.8 Å². The monoisotopic (exact) mass is 433 g/mol. The van der Waals surface area contributed by atoms with Crippen molar-refractivity contribution < 1.29 is 4.74 Å². The van der Waals surface area contributed by atoms with Crippen LogP contribution in [-0.4, -0.2) is 13.0 Å². The Hall–Kier alpha value is -2.26. The Bertz CT molecular complexity index is 987. The van der Waals surface area contributed by atoms with Crippen molar-refractivity contribution in [2.75, 3.05) is 6.61 Å². The van der Waals surface area contributed by atoms with E-state index in [1.807, 2.05) is 6.92 Å². The molecule has 0 bridgehead atoms. The summed E-state index contributed by atoms with van der Waals surface area (Å²) < 4.78 is 5.25. The molecule has 0 radical (unpaired) electrons. The molecule has 0 saturated heterocycles. The highest BCUT2D eigenvalue weighted by atomic mass is 32.2. The number of benzene rings is 2. The Morgan fingerprint density at radius 1 is 1.06 bits per heavy atom. The van der Waals surface area contributed by atoms with Gasteiger partial charge in [0, 0.05) is 4.91 Å². The lowest BCUT2D eigenvalue weighted by Crippen LogP contribution is -2.02. The van der Waals surface area contributed by atoms with Gasteiger partial charge in [-0.25, -0.2) is 4.99 Å². The fourth-order valence-electron chi connectivity index (χ4n) is 3.98. The van der Waals surface area contributed by atoms with Crippen LogP contribution in [0.4, 0.5) is 5.69 Å². The third kappa shape index (κ3) is 6.36. The second kappa shape index (κ2) is 11.4. The maximum Gasteiger partial charge on any atom is 0.174 e. The Balaban J connectivity index is 1.69. The Kier molecular flexibility index (Phi) is 8.60. The van der Waals surface area contributed by atoms with E-state index >= 15 is 0 Å². The molecule has 3 rings (SSSR count). The zero-order valence-corrected chi connectivity index (χ0v) is 20.3. The molecule has 0 unspecified atom stereocenters. The highest BCUT2D eigenvalue weighted by molar-refractivity contribution is 8.10. The summed E-state index contributed by atoms with van der Waals surface area (Å²) in [5, 5.41) is 2.30. The first kappa shape index (κ1) is 23.4. The van der Waals surface area contributed by atoms with E-state index in [9.17, 15) is 0 Å². The zero-order chi connectivity index (χ0) is 22.2. The van der Waals surface area contributed by atoms with E-state index in [0.29, 0.717) is 6.61 Å². The molecule has 0 spiro atoms. The van der Waals surface area contributed by atoms with Gasteiger partial charge in [0.2, 0.25) is 0 Å². The van der Waals surface area contributed by atoms with E-state index in [0.717, 1.165) is 23.4 Å². The minimum atomic E-state index is 0.638. The number of ether oxygens (including phenoxy) is 1. The summed E-state index contributed by atoms with van der Waals surface area (Å²) in [6.45, 7) is 13.5. The largest absolute Gasteiger partial charge is 0.483 e.